The molecule has 7 heteroatoms. The summed E-state index contributed by atoms with van der Waals surface area (Å²) < 4.78 is 10.8. The molecule has 1 heterocycles. The van der Waals surface area contributed by atoms with Crippen molar-refractivity contribution < 1.29 is 19.1 Å². The second-order valence-corrected chi connectivity index (χ2v) is 6.26. The highest BCUT2D eigenvalue weighted by Gasteiger charge is 2.24. The number of nitrogens with two attached hydrogens (primary N) is 1. The molecule has 1 aromatic rings. The second-order valence-electron chi connectivity index (χ2n) is 6.26. The van der Waals surface area contributed by atoms with E-state index in [0.29, 0.717) is 12.6 Å². The first kappa shape index (κ1) is 16.6. The number of fused-ring (bicyclic) bond motifs is 1. The summed E-state index contributed by atoms with van der Waals surface area (Å²) in [5.74, 6) is 1.20. The van der Waals surface area contributed by atoms with Crippen molar-refractivity contribution in [2.24, 2.45) is 5.73 Å². The second kappa shape index (κ2) is 7.53. The third kappa shape index (κ3) is 4.17. The Hall–Kier alpha value is -2.28. The van der Waals surface area contributed by atoms with Crippen LogP contribution in [0.15, 0.2) is 18.2 Å². The van der Waals surface area contributed by atoms with Gasteiger partial charge in [-0.1, -0.05) is 18.9 Å². The van der Waals surface area contributed by atoms with Crippen LogP contribution in [-0.2, 0) is 11.3 Å². The van der Waals surface area contributed by atoms with Crippen molar-refractivity contribution in [1.29, 1.82) is 0 Å². The van der Waals surface area contributed by atoms with E-state index >= 15 is 0 Å². The van der Waals surface area contributed by atoms with Crippen molar-refractivity contribution in [3.05, 3.63) is 23.8 Å². The SMILES string of the molecule is NC(=O)NC(=O)CCN(Cc1ccc2c(c1)OCO2)C1CCCC1. The lowest BCUT2D eigenvalue weighted by atomic mass is 10.1. The molecule has 7 nitrogen and oxygen atoms in total. The monoisotopic (exact) mass is 333 g/mol. The fourth-order valence-electron chi connectivity index (χ4n) is 3.38. The zero-order valence-corrected chi connectivity index (χ0v) is 13.6. The topological polar surface area (TPSA) is 93.9 Å². The van der Waals surface area contributed by atoms with E-state index in [4.69, 9.17) is 15.2 Å². The number of rotatable bonds is 6. The minimum absolute atomic E-state index is 0.254. The molecule has 2 aliphatic rings. The smallest absolute Gasteiger partial charge is 0.318 e. The van der Waals surface area contributed by atoms with Gasteiger partial charge < -0.3 is 15.2 Å². The molecule has 3 N–H and O–H groups in total. The first-order valence-corrected chi connectivity index (χ1v) is 8.33. The molecule has 3 rings (SSSR count). The molecule has 1 aliphatic carbocycles. The number of primary amides is 1. The first-order valence-electron chi connectivity index (χ1n) is 8.33. The third-order valence-electron chi connectivity index (χ3n) is 4.55. The Morgan fingerprint density at radius 2 is 1.96 bits per heavy atom. The van der Waals surface area contributed by atoms with Gasteiger partial charge >= 0.3 is 6.03 Å². The van der Waals surface area contributed by atoms with E-state index in [1.54, 1.807) is 0 Å². The van der Waals surface area contributed by atoms with Gasteiger partial charge in [0, 0.05) is 25.6 Å². The van der Waals surface area contributed by atoms with E-state index in [1.807, 2.05) is 18.2 Å². The van der Waals surface area contributed by atoms with E-state index < -0.39 is 6.03 Å². The van der Waals surface area contributed by atoms with Crippen LogP contribution in [0.25, 0.3) is 0 Å². The fraction of sp³-hybridized carbons (Fsp3) is 0.529. The quantitative estimate of drug-likeness (QED) is 0.827. The van der Waals surface area contributed by atoms with Crippen molar-refractivity contribution in [1.82, 2.24) is 10.2 Å². The molecule has 24 heavy (non-hydrogen) atoms. The van der Waals surface area contributed by atoms with Gasteiger partial charge in [0.1, 0.15) is 0 Å². The van der Waals surface area contributed by atoms with Crippen LogP contribution in [0, 0.1) is 0 Å². The number of nitrogens with one attached hydrogen (secondary N) is 1. The summed E-state index contributed by atoms with van der Waals surface area (Å²) in [5, 5.41) is 2.12. The number of carbonyl (C=O) groups excluding carboxylic acids is 2. The van der Waals surface area contributed by atoms with Crippen LogP contribution in [0.4, 0.5) is 4.79 Å². The Balaban J connectivity index is 1.63. The van der Waals surface area contributed by atoms with Crippen molar-refractivity contribution in [3.63, 3.8) is 0 Å². The van der Waals surface area contributed by atoms with Crippen LogP contribution in [0.2, 0.25) is 0 Å². The van der Waals surface area contributed by atoms with Crippen molar-refractivity contribution in [2.75, 3.05) is 13.3 Å². The molecule has 3 amide bonds. The maximum absolute atomic E-state index is 11.7. The number of amides is 3. The zero-order valence-electron chi connectivity index (χ0n) is 13.6. The average Bonchev–Trinajstić information content (AvgIpc) is 3.21. The predicted molar refractivity (Wildman–Crippen MR) is 87.6 cm³/mol. The highest BCUT2D eigenvalue weighted by atomic mass is 16.7. The van der Waals surface area contributed by atoms with Gasteiger partial charge in [-0.15, -0.1) is 0 Å². The number of nitrogens with zero attached hydrogens (tertiary/aromatic N) is 1. The van der Waals surface area contributed by atoms with E-state index in [2.05, 4.69) is 10.2 Å². The van der Waals surface area contributed by atoms with Gasteiger partial charge in [0.25, 0.3) is 0 Å². The van der Waals surface area contributed by atoms with Crippen LogP contribution in [-0.4, -0.2) is 36.2 Å². The van der Waals surface area contributed by atoms with Crippen molar-refractivity contribution in [2.45, 2.75) is 44.7 Å². The van der Waals surface area contributed by atoms with Crippen LogP contribution in [0.3, 0.4) is 0 Å². The van der Waals surface area contributed by atoms with E-state index in [-0.39, 0.29) is 19.1 Å². The summed E-state index contributed by atoms with van der Waals surface area (Å²) in [7, 11) is 0. The lowest BCUT2D eigenvalue weighted by molar-refractivity contribution is -0.120. The molecule has 0 unspecified atom stereocenters. The molecule has 1 aromatic carbocycles. The average molecular weight is 333 g/mol. The summed E-state index contributed by atoms with van der Waals surface area (Å²) in [6, 6.07) is 5.61. The lowest BCUT2D eigenvalue weighted by Gasteiger charge is -2.28. The summed E-state index contributed by atoms with van der Waals surface area (Å²) in [6.07, 6.45) is 4.97. The Bertz CT molecular complexity index is 614. The summed E-state index contributed by atoms with van der Waals surface area (Å²) in [5.41, 5.74) is 6.11. The number of hydrogen-bond donors (Lipinski definition) is 2. The standard InChI is InChI=1S/C17H23N3O4/c18-17(22)19-16(21)7-8-20(13-3-1-2-4-13)10-12-5-6-14-15(9-12)24-11-23-14/h5-6,9,13H,1-4,7-8,10-11H2,(H3,18,19,21,22). The molecule has 0 bridgehead atoms. The van der Waals surface area contributed by atoms with E-state index in [9.17, 15) is 9.59 Å². The maximum atomic E-state index is 11.7. The van der Waals surface area contributed by atoms with Crippen LogP contribution in [0.5, 0.6) is 11.5 Å². The highest BCUT2D eigenvalue weighted by Crippen LogP contribution is 2.33. The van der Waals surface area contributed by atoms with E-state index in [1.165, 1.54) is 12.8 Å². The highest BCUT2D eigenvalue weighted by molar-refractivity contribution is 5.93. The molecular weight excluding hydrogens is 310 g/mol. The number of ether oxygens (including phenoxy) is 2. The molecule has 1 aliphatic heterocycles. The van der Waals surface area contributed by atoms with Crippen molar-refractivity contribution >= 4 is 11.9 Å². The van der Waals surface area contributed by atoms with E-state index in [0.717, 1.165) is 36.4 Å². The number of benzene rings is 1. The number of imide groups is 1. The van der Waals surface area contributed by atoms with Crippen molar-refractivity contribution in [3.8, 4) is 11.5 Å². The maximum Gasteiger partial charge on any atom is 0.318 e. The Kier molecular flexibility index (Phi) is 5.20. The minimum atomic E-state index is -0.803. The first-order chi connectivity index (χ1) is 11.6. The molecule has 0 aromatic heterocycles. The lowest BCUT2D eigenvalue weighted by Crippen LogP contribution is -2.39. The molecule has 1 saturated carbocycles. The molecule has 0 spiro atoms. The molecular formula is C17H23N3O4. The van der Waals surface area contributed by atoms with Gasteiger partial charge in [-0.3, -0.25) is 15.0 Å². The third-order valence-corrected chi connectivity index (χ3v) is 4.55. The molecule has 130 valence electrons. The Morgan fingerprint density at radius 1 is 1.21 bits per heavy atom. The molecule has 0 saturated heterocycles. The predicted octanol–water partition coefficient (Wildman–Crippen LogP) is 1.74. The summed E-state index contributed by atoms with van der Waals surface area (Å²) in [6.45, 7) is 1.60. The molecule has 1 fully saturated rings. The molecule has 0 atom stereocenters. The number of urea groups is 1. The number of carbonyl (C=O) groups is 2. The van der Waals surface area contributed by atoms with Crippen LogP contribution in [0.1, 0.15) is 37.7 Å². The normalized spacial score (nSPS) is 16.5. The van der Waals surface area contributed by atoms with Gasteiger partial charge in [-0.2, -0.15) is 0 Å². The van der Waals surface area contributed by atoms with Gasteiger partial charge in [-0.25, -0.2) is 4.79 Å². The van der Waals surface area contributed by atoms with Gasteiger partial charge in [-0.05, 0) is 30.5 Å². The van der Waals surface area contributed by atoms with Gasteiger partial charge in [0.05, 0.1) is 0 Å². The summed E-state index contributed by atoms with van der Waals surface area (Å²) in [4.78, 5) is 24.8. The minimum Gasteiger partial charge on any atom is -0.454 e. The van der Waals surface area contributed by atoms with Gasteiger partial charge in [0.15, 0.2) is 11.5 Å². The van der Waals surface area contributed by atoms with Gasteiger partial charge in [0.2, 0.25) is 12.7 Å². The number of hydrogen-bond acceptors (Lipinski definition) is 5. The molecule has 0 radical (unpaired) electrons. The fourth-order valence-corrected chi connectivity index (χ4v) is 3.38. The zero-order chi connectivity index (χ0) is 16.9. The Morgan fingerprint density at radius 3 is 2.71 bits per heavy atom. The van der Waals surface area contributed by atoms with Crippen LogP contribution >= 0.6 is 0 Å². The summed E-state index contributed by atoms with van der Waals surface area (Å²) >= 11 is 0. The largest absolute Gasteiger partial charge is 0.454 e. The Labute approximate surface area is 141 Å². The van der Waals surface area contributed by atoms with Crippen LogP contribution < -0.4 is 20.5 Å².